The van der Waals surface area contributed by atoms with Crippen LogP contribution in [-0.4, -0.2) is 43.9 Å². The van der Waals surface area contributed by atoms with Crippen molar-refractivity contribution >= 4 is 35.0 Å². The van der Waals surface area contributed by atoms with E-state index in [0.29, 0.717) is 17.9 Å². The van der Waals surface area contributed by atoms with Crippen LogP contribution in [0.2, 0.25) is 0 Å². The lowest BCUT2D eigenvalue weighted by atomic mass is 9.99. The Labute approximate surface area is 141 Å². The van der Waals surface area contributed by atoms with Crippen LogP contribution < -0.4 is 5.32 Å². The molecule has 6 nitrogen and oxygen atoms in total. The van der Waals surface area contributed by atoms with Gasteiger partial charge in [-0.05, 0) is 24.3 Å². The molecular weight excluding hydrogens is 332 g/mol. The third-order valence-corrected chi connectivity index (χ3v) is 6.13. The van der Waals surface area contributed by atoms with Gasteiger partial charge in [-0.1, -0.05) is 6.07 Å². The summed E-state index contributed by atoms with van der Waals surface area (Å²) in [6.45, 7) is 0.209. The summed E-state index contributed by atoms with van der Waals surface area (Å²) >= 11 is 3.17. The number of urea groups is 1. The SMILES string of the molecule is O=C1NC2(CCSC2)C(=O)N1Cc1csc(-c2ccccn2)n1. The number of thioether (sulfide) groups is 1. The van der Waals surface area contributed by atoms with E-state index in [1.807, 2.05) is 23.6 Å². The number of imide groups is 1. The van der Waals surface area contributed by atoms with Crippen molar-refractivity contribution in [2.75, 3.05) is 11.5 Å². The molecule has 1 spiro atoms. The average molecular weight is 346 g/mol. The monoisotopic (exact) mass is 346 g/mol. The van der Waals surface area contributed by atoms with E-state index in [1.54, 1.807) is 18.0 Å². The zero-order chi connectivity index (χ0) is 15.9. The minimum absolute atomic E-state index is 0.125. The highest BCUT2D eigenvalue weighted by atomic mass is 32.2. The van der Waals surface area contributed by atoms with Crippen molar-refractivity contribution in [1.29, 1.82) is 0 Å². The van der Waals surface area contributed by atoms with Gasteiger partial charge in [-0.15, -0.1) is 11.3 Å². The van der Waals surface area contributed by atoms with E-state index in [-0.39, 0.29) is 18.5 Å². The molecule has 1 unspecified atom stereocenters. The molecule has 0 aromatic carbocycles. The quantitative estimate of drug-likeness (QED) is 0.862. The number of aromatic nitrogens is 2. The molecule has 0 aliphatic carbocycles. The summed E-state index contributed by atoms with van der Waals surface area (Å²) in [5.74, 6) is 1.44. The molecule has 4 rings (SSSR count). The molecule has 0 saturated carbocycles. The summed E-state index contributed by atoms with van der Waals surface area (Å²) in [4.78, 5) is 34.8. The summed E-state index contributed by atoms with van der Waals surface area (Å²) in [5.41, 5.74) is 0.813. The van der Waals surface area contributed by atoms with Crippen LogP contribution in [-0.2, 0) is 11.3 Å². The van der Waals surface area contributed by atoms with Crippen molar-refractivity contribution in [1.82, 2.24) is 20.2 Å². The zero-order valence-corrected chi connectivity index (χ0v) is 13.8. The highest BCUT2D eigenvalue weighted by Gasteiger charge is 2.52. The predicted molar refractivity (Wildman–Crippen MR) is 89.1 cm³/mol. The van der Waals surface area contributed by atoms with Gasteiger partial charge in [0, 0.05) is 17.3 Å². The normalized spacial score (nSPS) is 23.7. The molecule has 1 N–H and O–H groups in total. The van der Waals surface area contributed by atoms with E-state index >= 15 is 0 Å². The van der Waals surface area contributed by atoms with Gasteiger partial charge in [0.05, 0.1) is 17.9 Å². The minimum atomic E-state index is -0.693. The molecule has 0 radical (unpaired) electrons. The second kappa shape index (κ2) is 5.61. The number of hydrogen-bond acceptors (Lipinski definition) is 6. The fourth-order valence-corrected chi connectivity index (χ4v) is 4.91. The van der Waals surface area contributed by atoms with Crippen molar-refractivity contribution in [2.45, 2.75) is 18.5 Å². The molecule has 4 heterocycles. The molecule has 118 valence electrons. The molecule has 2 saturated heterocycles. The van der Waals surface area contributed by atoms with Crippen molar-refractivity contribution in [3.63, 3.8) is 0 Å². The summed E-state index contributed by atoms with van der Waals surface area (Å²) in [6, 6.07) is 5.33. The van der Waals surface area contributed by atoms with Gasteiger partial charge in [-0.25, -0.2) is 9.78 Å². The van der Waals surface area contributed by atoms with Crippen LogP contribution in [0.1, 0.15) is 12.1 Å². The smallest absolute Gasteiger partial charge is 0.322 e. The molecule has 3 amide bonds. The van der Waals surface area contributed by atoms with E-state index in [0.717, 1.165) is 16.5 Å². The molecule has 2 aliphatic heterocycles. The van der Waals surface area contributed by atoms with Gasteiger partial charge in [0.2, 0.25) is 0 Å². The van der Waals surface area contributed by atoms with Gasteiger partial charge in [0.1, 0.15) is 10.5 Å². The lowest BCUT2D eigenvalue weighted by molar-refractivity contribution is -0.130. The predicted octanol–water partition coefficient (Wildman–Crippen LogP) is 2.13. The van der Waals surface area contributed by atoms with Crippen LogP contribution in [0.4, 0.5) is 4.79 Å². The van der Waals surface area contributed by atoms with E-state index in [1.165, 1.54) is 16.2 Å². The number of pyridine rings is 1. The number of rotatable bonds is 3. The Kier molecular flexibility index (Phi) is 3.57. The number of carbonyl (C=O) groups excluding carboxylic acids is 2. The van der Waals surface area contributed by atoms with Crippen molar-refractivity contribution in [3.05, 3.63) is 35.5 Å². The molecule has 2 fully saturated rings. The van der Waals surface area contributed by atoms with Gasteiger partial charge < -0.3 is 5.32 Å². The molecule has 2 aliphatic rings. The number of nitrogens with zero attached hydrogens (tertiary/aromatic N) is 3. The standard InChI is InChI=1S/C15H14N4O2S2/c20-13-15(4-6-22-9-15)18-14(21)19(13)7-10-8-23-12(17-10)11-3-1-2-5-16-11/h1-3,5,8H,4,6-7,9H2,(H,18,21). The molecule has 8 heteroatoms. The number of thiazole rings is 1. The summed E-state index contributed by atoms with van der Waals surface area (Å²) in [7, 11) is 0. The van der Waals surface area contributed by atoms with Crippen LogP contribution >= 0.6 is 23.1 Å². The Morgan fingerprint density at radius 3 is 3.00 bits per heavy atom. The van der Waals surface area contributed by atoms with Gasteiger partial charge in [-0.2, -0.15) is 11.8 Å². The van der Waals surface area contributed by atoms with Gasteiger partial charge in [0.15, 0.2) is 0 Å². The Hall–Kier alpha value is -1.93. The topological polar surface area (TPSA) is 75.2 Å². The molecule has 2 aromatic heterocycles. The highest BCUT2D eigenvalue weighted by molar-refractivity contribution is 7.99. The second-order valence-electron chi connectivity index (χ2n) is 5.57. The zero-order valence-electron chi connectivity index (χ0n) is 12.2. The van der Waals surface area contributed by atoms with Crippen LogP contribution in [0.15, 0.2) is 29.8 Å². The van der Waals surface area contributed by atoms with Crippen molar-refractivity contribution in [3.8, 4) is 10.7 Å². The Bertz CT molecular complexity index is 756. The largest absolute Gasteiger partial charge is 0.325 e. The minimum Gasteiger partial charge on any atom is -0.322 e. The first-order valence-corrected chi connectivity index (χ1v) is 9.29. The molecular formula is C15H14N4O2S2. The van der Waals surface area contributed by atoms with E-state index in [9.17, 15) is 9.59 Å². The maximum absolute atomic E-state index is 12.6. The fourth-order valence-electron chi connectivity index (χ4n) is 2.80. The Morgan fingerprint density at radius 1 is 1.35 bits per heavy atom. The van der Waals surface area contributed by atoms with Crippen LogP contribution in [0.3, 0.4) is 0 Å². The summed E-state index contributed by atoms with van der Waals surface area (Å²) < 4.78 is 0. The number of amides is 3. The molecule has 2 aromatic rings. The van der Waals surface area contributed by atoms with E-state index < -0.39 is 5.54 Å². The van der Waals surface area contributed by atoms with Crippen LogP contribution in [0.25, 0.3) is 10.7 Å². The van der Waals surface area contributed by atoms with Crippen LogP contribution in [0.5, 0.6) is 0 Å². The average Bonchev–Trinajstić information content (AvgIpc) is 3.27. The maximum atomic E-state index is 12.6. The lowest BCUT2D eigenvalue weighted by Gasteiger charge is -2.18. The van der Waals surface area contributed by atoms with E-state index in [2.05, 4.69) is 15.3 Å². The van der Waals surface area contributed by atoms with Crippen molar-refractivity contribution < 1.29 is 9.59 Å². The van der Waals surface area contributed by atoms with Crippen molar-refractivity contribution in [2.24, 2.45) is 0 Å². The third kappa shape index (κ3) is 2.51. The Morgan fingerprint density at radius 2 is 2.26 bits per heavy atom. The fraction of sp³-hybridized carbons (Fsp3) is 0.333. The van der Waals surface area contributed by atoms with Gasteiger partial charge >= 0.3 is 6.03 Å². The molecule has 1 atom stereocenters. The number of hydrogen-bond donors (Lipinski definition) is 1. The second-order valence-corrected chi connectivity index (χ2v) is 7.53. The maximum Gasteiger partial charge on any atom is 0.325 e. The first-order valence-electron chi connectivity index (χ1n) is 7.26. The highest BCUT2D eigenvalue weighted by Crippen LogP contribution is 2.34. The first-order chi connectivity index (χ1) is 11.2. The number of nitrogens with one attached hydrogen (secondary N) is 1. The molecule has 23 heavy (non-hydrogen) atoms. The van der Waals surface area contributed by atoms with Crippen LogP contribution in [0, 0.1) is 0 Å². The summed E-state index contributed by atoms with van der Waals surface area (Å²) in [6.07, 6.45) is 2.42. The summed E-state index contributed by atoms with van der Waals surface area (Å²) in [5, 5.41) is 5.53. The van der Waals surface area contributed by atoms with Gasteiger partial charge in [-0.3, -0.25) is 14.7 Å². The lowest BCUT2D eigenvalue weighted by Crippen LogP contribution is -2.46. The molecule has 0 bridgehead atoms. The first kappa shape index (κ1) is 14.6. The van der Waals surface area contributed by atoms with E-state index in [4.69, 9.17) is 0 Å². The Balaban J connectivity index is 1.54. The number of carbonyl (C=O) groups is 2. The third-order valence-electron chi connectivity index (χ3n) is 4.02. The van der Waals surface area contributed by atoms with Gasteiger partial charge in [0.25, 0.3) is 5.91 Å².